The molecule has 0 radical (unpaired) electrons. The molecule has 0 saturated heterocycles. The van der Waals surface area contributed by atoms with Crippen molar-refractivity contribution in [2.24, 2.45) is 0 Å². The molecule has 0 aliphatic carbocycles. The van der Waals surface area contributed by atoms with Gasteiger partial charge in [-0.2, -0.15) is 0 Å². The highest BCUT2D eigenvalue weighted by Crippen LogP contribution is 2.21. The van der Waals surface area contributed by atoms with Gasteiger partial charge < -0.3 is 0 Å². The fraction of sp³-hybridized carbons (Fsp3) is 0.118. The predicted molar refractivity (Wildman–Crippen MR) is 86.6 cm³/mol. The summed E-state index contributed by atoms with van der Waals surface area (Å²) in [5.74, 6) is 0.0223. The van der Waals surface area contributed by atoms with Crippen molar-refractivity contribution in [2.75, 3.05) is 0 Å². The van der Waals surface area contributed by atoms with Crippen LogP contribution in [-0.2, 0) is 6.42 Å². The largest absolute Gasteiger partial charge is 0.289 e. The van der Waals surface area contributed by atoms with Gasteiger partial charge in [-0.25, -0.2) is 0 Å². The van der Waals surface area contributed by atoms with E-state index in [4.69, 9.17) is 11.6 Å². The number of carbonyl (C=O) groups is 1. The molecular weight excluding hydrogens is 288 g/mol. The normalized spacial score (nSPS) is 10.9. The Morgan fingerprint density at radius 2 is 1.75 bits per heavy atom. The standard InChI is InChI=1S/C17H15ClOS/c1-2-13-3-5-14(6-4-13)17(19)11-12-20-16-9-7-15(18)8-10-16/h3-12H,2H2,1H3. The Labute approximate surface area is 128 Å². The number of halogens is 1. The zero-order valence-corrected chi connectivity index (χ0v) is 12.7. The van der Waals surface area contributed by atoms with E-state index >= 15 is 0 Å². The summed E-state index contributed by atoms with van der Waals surface area (Å²) in [6, 6.07) is 15.3. The zero-order valence-electron chi connectivity index (χ0n) is 11.2. The third-order valence-corrected chi connectivity index (χ3v) is 3.95. The quantitative estimate of drug-likeness (QED) is 0.418. The second-order valence-corrected chi connectivity index (χ2v) is 5.70. The Kier molecular flexibility index (Phi) is 5.45. The maximum Gasteiger partial charge on any atom is 0.186 e. The summed E-state index contributed by atoms with van der Waals surface area (Å²) in [5.41, 5.74) is 1.95. The lowest BCUT2D eigenvalue weighted by Crippen LogP contribution is -1.93. The highest BCUT2D eigenvalue weighted by Gasteiger charge is 2.01. The van der Waals surface area contributed by atoms with Crippen LogP contribution in [0.4, 0.5) is 0 Å². The van der Waals surface area contributed by atoms with E-state index < -0.39 is 0 Å². The molecule has 0 amide bonds. The Bertz CT molecular complexity index is 600. The van der Waals surface area contributed by atoms with Gasteiger partial charge in [0.25, 0.3) is 0 Å². The van der Waals surface area contributed by atoms with Gasteiger partial charge in [0.05, 0.1) is 0 Å². The number of carbonyl (C=O) groups excluding carboxylic acids is 1. The maximum absolute atomic E-state index is 12.0. The van der Waals surface area contributed by atoms with Crippen LogP contribution in [0.1, 0.15) is 22.8 Å². The van der Waals surface area contributed by atoms with Crippen LogP contribution in [0.5, 0.6) is 0 Å². The Hall–Kier alpha value is -1.51. The molecule has 1 nitrogen and oxygen atoms in total. The number of ketones is 1. The average Bonchev–Trinajstić information content (AvgIpc) is 2.49. The number of hydrogen-bond acceptors (Lipinski definition) is 2. The minimum absolute atomic E-state index is 0.0223. The van der Waals surface area contributed by atoms with E-state index in [1.165, 1.54) is 17.3 Å². The van der Waals surface area contributed by atoms with Crippen LogP contribution in [-0.4, -0.2) is 5.78 Å². The summed E-state index contributed by atoms with van der Waals surface area (Å²) >= 11 is 7.32. The molecule has 0 aliphatic heterocycles. The number of aryl methyl sites for hydroxylation is 1. The van der Waals surface area contributed by atoms with Crippen LogP contribution in [0.15, 0.2) is 64.9 Å². The summed E-state index contributed by atoms with van der Waals surface area (Å²) in [5, 5.41) is 2.52. The highest BCUT2D eigenvalue weighted by molar-refractivity contribution is 8.02. The van der Waals surface area contributed by atoms with Crippen molar-refractivity contribution in [1.82, 2.24) is 0 Å². The number of allylic oxidation sites excluding steroid dienone is 1. The van der Waals surface area contributed by atoms with Gasteiger partial charge in [0, 0.05) is 15.5 Å². The minimum Gasteiger partial charge on any atom is -0.289 e. The first kappa shape index (κ1) is 14.9. The molecule has 0 fully saturated rings. The minimum atomic E-state index is 0.0223. The van der Waals surface area contributed by atoms with Crippen molar-refractivity contribution >= 4 is 29.1 Å². The van der Waals surface area contributed by atoms with Crippen LogP contribution < -0.4 is 0 Å². The van der Waals surface area contributed by atoms with Gasteiger partial charge in [-0.15, -0.1) is 0 Å². The number of rotatable bonds is 5. The predicted octanol–water partition coefficient (Wildman–Crippen LogP) is 5.39. The third-order valence-electron chi connectivity index (χ3n) is 2.88. The molecule has 0 unspecified atom stereocenters. The van der Waals surface area contributed by atoms with Crippen molar-refractivity contribution in [3.63, 3.8) is 0 Å². The zero-order chi connectivity index (χ0) is 14.4. The lowest BCUT2D eigenvalue weighted by atomic mass is 10.1. The number of benzene rings is 2. The summed E-state index contributed by atoms with van der Waals surface area (Å²) in [7, 11) is 0. The van der Waals surface area contributed by atoms with Crippen molar-refractivity contribution in [3.8, 4) is 0 Å². The molecule has 0 aliphatic rings. The molecule has 2 aromatic carbocycles. The lowest BCUT2D eigenvalue weighted by Gasteiger charge is -1.99. The van der Waals surface area contributed by atoms with E-state index in [0.29, 0.717) is 5.02 Å². The molecule has 0 spiro atoms. The maximum atomic E-state index is 12.0. The van der Waals surface area contributed by atoms with Gasteiger partial charge in [0.2, 0.25) is 0 Å². The van der Waals surface area contributed by atoms with Gasteiger partial charge >= 0.3 is 0 Å². The topological polar surface area (TPSA) is 17.1 Å². The second-order valence-electron chi connectivity index (χ2n) is 4.29. The smallest absolute Gasteiger partial charge is 0.186 e. The first-order valence-corrected chi connectivity index (χ1v) is 7.67. The summed E-state index contributed by atoms with van der Waals surface area (Å²) in [4.78, 5) is 13.0. The number of thioether (sulfide) groups is 1. The molecule has 0 bridgehead atoms. The fourth-order valence-electron chi connectivity index (χ4n) is 1.69. The van der Waals surface area contributed by atoms with Crippen molar-refractivity contribution in [1.29, 1.82) is 0 Å². The summed E-state index contributed by atoms with van der Waals surface area (Å²) < 4.78 is 0. The van der Waals surface area contributed by atoms with E-state index in [1.54, 1.807) is 11.5 Å². The van der Waals surface area contributed by atoms with Crippen LogP contribution in [0.3, 0.4) is 0 Å². The van der Waals surface area contributed by atoms with Crippen LogP contribution in [0.25, 0.3) is 0 Å². The molecule has 0 saturated carbocycles. The van der Waals surface area contributed by atoms with Gasteiger partial charge in [0.1, 0.15) is 0 Å². The van der Waals surface area contributed by atoms with Crippen molar-refractivity contribution < 1.29 is 4.79 Å². The van der Waals surface area contributed by atoms with Crippen LogP contribution in [0.2, 0.25) is 5.02 Å². The molecule has 0 N–H and O–H groups in total. The first-order chi connectivity index (χ1) is 9.69. The Morgan fingerprint density at radius 3 is 2.35 bits per heavy atom. The number of hydrogen-bond donors (Lipinski definition) is 0. The van der Waals surface area contributed by atoms with Crippen LogP contribution in [0, 0.1) is 0 Å². The van der Waals surface area contributed by atoms with Crippen molar-refractivity contribution in [2.45, 2.75) is 18.2 Å². The molecule has 3 heteroatoms. The van der Waals surface area contributed by atoms with E-state index in [1.807, 2.05) is 48.5 Å². The third kappa shape index (κ3) is 4.26. The summed E-state index contributed by atoms with van der Waals surface area (Å²) in [6.45, 7) is 2.10. The molecule has 2 aromatic rings. The molecule has 102 valence electrons. The summed E-state index contributed by atoms with van der Waals surface area (Å²) in [6.07, 6.45) is 2.58. The molecule has 2 rings (SSSR count). The van der Waals surface area contributed by atoms with E-state index in [9.17, 15) is 4.79 Å². The van der Waals surface area contributed by atoms with Gasteiger partial charge in [0.15, 0.2) is 5.78 Å². The molecule has 20 heavy (non-hydrogen) atoms. The molecule has 0 heterocycles. The molecule has 0 atom stereocenters. The van der Waals surface area contributed by atoms with E-state index in [0.717, 1.165) is 16.9 Å². The monoisotopic (exact) mass is 302 g/mol. The van der Waals surface area contributed by atoms with Gasteiger partial charge in [-0.1, -0.05) is 54.6 Å². The van der Waals surface area contributed by atoms with Crippen molar-refractivity contribution in [3.05, 3.63) is 76.2 Å². The van der Waals surface area contributed by atoms with E-state index in [2.05, 4.69) is 6.92 Å². The average molecular weight is 303 g/mol. The van der Waals surface area contributed by atoms with Gasteiger partial charge in [-0.3, -0.25) is 4.79 Å². The highest BCUT2D eigenvalue weighted by atomic mass is 35.5. The van der Waals surface area contributed by atoms with Gasteiger partial charge in [-0.05, 0) is 47.7 Å². The van der Waals surface area contributed by atoms with Crippen LogP contribution >= 0.6 is 23.4 Å². The SMILES string of the molecule is CCc1ccc(C(=O)C=CSc2ccc(Cl)cc2)cc1. The second kappa shape index (κ2) is 7.32. The first-order valence-electron chi connectivity index (χ1n) is 6.41. The lowest BCUT2D eigenvalue weighted by molar-refractivity contribution is 0.104. The Morgan fingerprint density at radius 1 is 1.10 bits per heavy atom. The molecule has 0 aromatic heterocycles. The Balaban J connectivity index is 1.96. The van der Waals surface area contributed by atoms with E-state index in [-0.39, 0.29) is 5.78 Å². The fourth-order valence-corrected chi connectivity index (χ4v) is 2.46. The molecular formula is C17H15ClOS.